The van der Waals surface area contributed by atoms with E-state index in [9.17, 15) is 9.90 Å². The number of pyridine rings is 1. The smallest absolute Gasteiger partial charge is 0.339 e. The number of aromatic nitrogens is 5. The van der Waals surface area contributed by atoms with Crippen molar-refractivity contribution in [3.8, 4) is 23.0 Å². The van der Waals surface area contributed by atoms with Gasteiger partial charge in [0, 0.05) is 23.6 Å². The predicted molar refractivity (Wildman–Crippen MR) is 147 cm³/mol. The van der Waals surface area contributed by atoms with Gasteiger partial charge < -0.3 is 25.0 Å². The number of rotatable bonds is 8. The van der Waals surface area contributed by atoms with Crippen LogP contribution < -0.4 is 10.6 Å². The summed E-state index contributed by atoms with van der Waals surface area (Å²) in [6.07, 6.45) is 3.21. The summed E-state index contributed by atoms with van der Waals surface area (Å²) in [6.45, 7) is 3.50. The molecule has 6 rings (SSSR count). The molecule has 11 nitrogen and oxygen atoms in total. The number of esters is 1. The molecule has 40 heavy (non-hydrogen) atoms. The number of ether oxygens (including phenoxy) is 1. The molecule has 0 amide bonds. The van der Waals surface area contributed by atoms with Gasteiger partial charge in [-0.05, 0) is 49.7 Å². The summed E-state index contributed by atoms with van der Waals surface area (Å²) < 4.78 is 11.0. The lowest BCUT2D eigenvalue weighted by Crippen LogP contribution is -2.17. The number of carbonyl (C=O) groups excluding carboxylic acids is 1. The van der Waals surface area contributed by atoms with Gasteiger partial charge in [-0.15, -0.1) is 0 Å². The molecule has 0 fully saturated rings. The second-order valence-corrected chi connectivity index (χ2v) is 9.67. The molecular weight excluding hydrogens is 510 g/mol. The minimum Gasteiger partial charge on any atom is -0.451 e. The zero-order chi connectivity index (χ0) is 27.7. The van der Waals surface area contributed by atoms with Gasteiger partial charge in [0.25, 0.3) is 5.89 Å². The van der Waals surface area contributed by atoms with E-state index < -0.39 is 11.6 Å². The van der Waals surface area contributed by atoms with Gasteiger partial charge in [0.2, 0.25) is 11.8 Å². The number of anilines is 3. The first-order valence-corrected chi connectivity index (χ1v) is 12.6. The van der Waals surface area contributed by atoms with Crippen LogP contribution in [0.15, 0.2) is 83.6 Å². The van der Waals surface area contributed by atoms with E-state index in [2.05, 4.69) is 30.7 Å². The molecule has 1 aliphatic rings. The number of carbonyl (C=O) groups is 1. The van der Waals surface area contributed by atoms with Crippen LogP contribution in [0, 0.1) is 0 Å². The summed E-state index contributed by atoms with van der Waals surface area (Å²) in [7, 11) is 0. The fraction of sp³-hybridized carbons (Fsp3) is 0.172. The minimum absolute atomic E-state index is 0.187. The number of cyclic esters (lactones) is 1. The van der Waals surface area contributed by atoms with E-state index in [1.165, 1.54) is 0 Å². The molecule has 200 valence electrons. The molecule has 0 saturated carbocycles. The number of nitrogens with zero attached hydrogens (tertiary/aromatic N) is 5. The van der Waals surface area contributed by atoms with Gasteiger partial charge in [0.15, 0.2) is 0 Å². The molecule has 2 aromatic carbocycles. The molecule has 0 radical (unpaired) electrons. The van der Waals surface area contributed by atoms with Crippen LogP contribution in [0.1, 0.15) is 41.4 Å². The molecule has 4 heterocycles. The van der Waals surface area contributed by atoms with Crippen LogP contribution in [0.25, 0.3) is 23.0 Å². The maximum absolute atomic E-state index is 12.2. The van der Waals surface area contributed by atoms with Gasteiger partial charge in [0.1, 0.15) is 22.7 Å². The van der Waals surface area contributed by atoms with Crippen molar-refractivity contribution in [2.24, 2.45) is 0 Å². The summed E-state index contributed by atoms with van der Waals surface area (Å²) >= 11 is 0. The van der Waals surface area contributed by atoms with E-state index in [1.807, 2.05) is 56.3 Å². The third-order valence-electron chi connectivity index (χ3n) is 6.53. The number of hydrogen-bond acceptors (Lipinski definition) is 11. The number of nitrogens with one attached hydrogen (secondary N) is 2. The number of aliphatic hydroxyl groups is 1. The Hall–Kier alpha value is -5.16. The second-order valence-electron chi connectivity index (χ2n) is 9.67. The lowest BCUT2D eigenvalue weighted by Gasteiger charge is -2.20. The quantitative estimate of drug-likeness (QED) is 0.233. The molecule has 0 aliphatic carbocycles. The molecule has 11 heteroatoms. The van der Waals surface area contributed by atoms with Crippen LogP contribution >= 0.6 is 0 Å². The first-order valence-electron chi connectivity index (χ1n) is 12.6. The van der Waals surface area contributed by atoms with Crippen molar-refractivity contribution in [1.82, 2.24) is 25.1 Å². The van der Waals surface area contributed by atoms with E-state index in [4.69, 9.17) is 14.2 Å². The Bertz CT molecular complexity index is 1670. The van der Waals surface area contributed by atoms with Crippen LogP contribution in [-0.2, 0) is 10.3 Å². The first-order chi connectivity index (χ1) is 19.4. The van der Waals surface area contributed by atoms with Crippen molar-refractivity contribution in [3.05, 3.63) is 95.8 Å². The maximum atomic E-state index is 12.2. The molecule has 5 aromatic rings. The summed E-state index contributed by atoms with van der Waals surface area (Å²) in [5.41, 5.74) is 3.12. The van der Waals surface area contributed by atoms with Crippen LogP contribution in [0.4, 0.5) is 17.5 Å². The molecule has 3 aromatic heterocycles. The van der Waals surface area contributed by atoms with Crippen molar-refractivity contribution >= 4 is 23.4 Å². The molecule has 0 bridgehead atoms. The first kappa shape index (κ1) is 25.1. The summed E-state index contributed by atoms with van der Waals surface area (Å²) in [6, 6.07) is 19.8. The van der Waals surface area contributed by atoms with Crippen LogP contribution in [-0.4, -0.2) is 42.8 Å². The Kier molecular flexibility index (Phi) is 6.40. The third-order valence-corrected chi connectivity index (χ3v) is 6.53. The lowest BCUT2D eigenvalue weighted by molar-refractivity contribution is 0.00954. The lowest BCUT2D eigenvalue weighted by atomic mass is 9.95. The van der Waals surface area contributed by atoms with E-state index in [0.717, 1.165) is 11.1 Å². The fourth-order valence-electron chi connectivity index (χ4n) is 4.49. The Morgan fingerprint density at radius 3 is 2.58 bits per heavy atom. The van der Waals surface area contributed by atoms with Gasteiger partial charge in [-0.1, -0.05) is 41.6 Å². The topological polar surface area (TPSA) is 148 Å². The Morgan fingerprint density at radius 1 is 0.975 bits per heavy atom. The highest BCUT2D eigenvalue weighted by Crippen LogP contribution is 2.38. The summed E-state index contributed by atoms with van der Waals surface area (Å²) in [5.74, 6) is 0.816. The molecule has 0 unspecified atom stereocenters. The van der Waals surface area contributed by atoms with Gasteiger partial charge in [-0.3, -0.25) is 4.98 Å². The van der Waals surface area contributed by atoms with Crippen molar-refractivity contribution in [3.63, 3.8) is 0 Å². The van der Waals surface area contributed by atoms with E-state index >= 15 is 0 Å². The summed E-state index contributed by atoms with van der Waals surface area (Å²) in [5, 5.41) is 20.8. The fourth-order valence-corrected chi connectivity index (χ4v) is 4.49. The van der Waals surface area contributed by atoms with Gasteiger partial charge in [-0.25, -0.2) is 9.78 Å². The van der Waals surface area contributed by atoms with Crippen LogP contribution in [0.2, 0.25) is 0 Å². The molecule has 1 atom stereocenters. The average Bonchev–Trinajstić information content (AvgIpc) is 3.55. The van der Waals surface area contributed by atoms with Crippen LogP contribution in [0.5, 0.6) is 0 Å². The minimum atomic E-state index is -0.741. The number of fused-ring (bicyclic) bond motifs is 1. The highest BCUT2D eigenvalue weighted by atomic mass is 16.6. The predicted octanol–water partition coefficient (Wildman–Crippen LogP) is 4.88. The monoisotopic (exact) mass is 535 g/mol. The largest absolute Gasteiger partial charge is 0.451 e. The summed E-state index contributed by atoms with van der Waals surface area (Å²) in [4.78, 5) is 30.1. The van der Waals surface area contributed by atoms with E-state index in [0.29, 0.717) is 34.2 Å². The SMILES string of the molecule is CC1(C)OC(=O)c2ccc(Nc3ncc(-c4nc(-c5ccccn5)no4)c(N[C@H](CO)c4ccccc4)n3)cc21. The Balaban J connectivity index is 1.36. The maximum Gasteiger partial charge on any atom is 0.339 e. The third kappa shape index (κ3) is 4.85. The molecule has 1 aliphatic heterocycles. The van der Waals surface area contributed by atoms with Gasteiger partial charge in [-0.2, -0.15) is 9.97 Å². The Labute approximate surface area is 229 Å². The number of aliphatic hydroxyl groups excluding tert-OH is 1. The van der Waals surface area contributed by atoms with E-state index in [-0.39, 0.29) is 24.4 Å². The van der Waals surface area contributed by atoms with Crippen LogP contribution in [0.3, 0.4) is 0 Å². The molecule has 0 saturated heterocycles. The van der Waals surface area contributed by atoms with Crippen molar-refractivity contribution in [2.75, 3.05) is 17.2 Å². The average molecular weight is 536 g/mol. The molecular formula is C29H25N7O4. The zero-order valence-corrected chi connectivity index (χ0v) is 21.7. The van der Waals surface area contributed by atoms with Gasteiger partial charge >= 0.3 is 5.97 Å². The second kappa shape index (κ2) is 10.2. The van der Waals surface area contributed by atoms with E-state index in [1.54, 1.807) is 36.7 Å². The van der Waals surface area contributed by atoms with Crippen molar-refractivity contribution in [2.45, 2.75) is 25.5 Å². The highest BCUT2D eigenvalue weighted by Gasteiger charge is 2.37. The van der Waals surface area contributed by atoms with Crippen molar-refractivity contribution in [1.29, 1.82) is 0 Å². The number of hydrogen-bond donors (Lipinski definition) is 3. The zero-order valence-electron chi connectivity index (χ0n) is 21.7. The highest BCUT2D eigenvalue weighted by molar-refractivity contribution is 5.95. The Morgan fingerprint density at radius 2 is 1.80 bits per heavy atom. The normalized spacial score (nSPS) is 14.3. The molecule has 3 N–H and O–H groups in total. The van der Waals surface area contributed by atoms with Gasteiger partial charge in [0.05, 0.1) is 18.2 Å². The number of benzene rings is 2. The molecule has 0 spiro atoms. The standard InChI is InChI=1S/C29H25N7O4/c1-29(2)21-14-18(11-12-19(21)27(38)39-29)32-28-31-15-20(26-34-25(36-40-26)22-10-6-7-13-30-22)24(35-28)33-23(16-37)17-8-4-3-5-9-17/h3-15,23,37H,16H2,1-2H3,(H2,31,32,33,35)/t23-/m1/s1. The van der Waals surface area contributed by atoms with Crippen molar-refractivity contribution < 1.29 is 19.2 Å².